The first-order valence-corrected chi connectivity index (χ1v) is 27.0. The highest BCUT2D eigenvalue weighted by Crippen LogP contribution is 2.42. The molecule has 0 spiro atoms. The topological polar surface area (TPSA) is 27.7 Å². The van der Waals surface area contributed by atoms with E-state index in [2.05, 4.69) is 39.8 Å². The van der Waals surface area contributed by atoms with Crippen LogP contribution in [0.15, 0.2) is 91.0 Å². The van der Waals surface area contributed by atoms with Gasteiger partial charge in [-0.25, -0.2) is 0 Å². The zero-order valence-electron chi connectivity index (χ0n) is 40.6. The summed E-state index contributed by atoms with van der Waals surface area (Å²) in [5.74, 6) is 1.98. The lowest BCUT2D eigenvalue weighted by atomic mass is 9.92. The second-order valence-corrected chi connectivity index (χ2v) is 19.6. The summed E-state index contributed by atoms with van der Waals surface area (Å²) in [6.45, 7) is 12.8. The van der Waals surface area contributed by atoms with Gasteiger partial charge in [0.15, 0.2) is 0 Å². The average Bonchev–Trinajstić information content (AvgIpc) is 3.31. The zero-order chi connectivity index (χ0) is 46.8. The van der Waals surface area contributed by atoms with Crippen LogP contribution in [-0.2, 0) is 0 Å². The fourth-order valence-corrected chi connectivity index (χ4v) is 9.33. The molecule has 0 saturated carbocycles. The van der Waals surface area contributed by atoms with E-state index in [0.29, 0.717) is 21.5 Å². The zero-order valence-corrected chi connectivity index (χ0v) is 43.6. The van der Waals surface area contributed by atoms with Gasteiger partial charge in [0.1, 0.15) is 23.3 Å². The number of benzene rings is 4. The maximum Gasteiger partial charge on any atom is 0.864 e. The molecule has 0 N–H and O–H groups in total. The third kappa shape index (κ3) is 24.4. The van der Waals surface area contributed by atoms with Crippen LogP contribution >= 0.6 is 46.4 Å². The molecule has 4 aromatic rings. The lowest BCUT2D eigenvalue weighted by Crippen LogP contribution is -2.53. The summed E-state index contributed by atoms with van der Waals surface area (Å²) in [7, 11) is -1.06. The second kappa shape index (κ2) is 35.6. The molecule has 4 rings (SSSR count). The van der Waals surface area contributed by atoms with Crippen LogP contribution < -0.4 is 14.0 Å². The van der Waals surface area contributed by atoms with Gasteiger partial charge in [-0.1, -0.05) is 170 Å². The van der Waals surface area contributed by atoms with Gasteiger partial charge in [0.2, 0.25) is 0 Å². The second-order valence-electron chi connectivity index (χ2n) is 17.9. The van der Waals surface area contributed by atoms with Crippen molar-refractivity contribution in [2.75, 3.05) is 19.6 Å². The highest BCUT2D eigenvalue weighted by Gasteiger charge is 2.40. The van der Waals surface area contributed by atoms with Crippen molar-refractivity contribution < 1.29 is 18.4 Å². The fraction of sp³-hybridized carbons (Fsp3) is 0.571. The summed E-state index contributed by atoms with van der Waals surface area (Å²) >= 11 is 25.1. The van der Waals surface area contributed by atoms with Gasteiger partial charge >= 0.3 is 7.32 Å². The Morgan fingerprint density at radius 1 is 0.431 bits per heavy atom. The molecule has 1 unspecified atom stereocenters. The summed E-state index contributed by atoms with van der Waals surface area (Å²) in [4.78, 5) is 0. The first-order valence-electron chi connectivity index (χ1n) is 25.5. The standard InChI is InChI=1S/C50H78BCl3NO3.C6H4Cl/c1-5-9-13-17-21-25-39-55(40-26-22-18-14-10-6-2,41-27-23-19-15-11-7-3)49(28-24-20-16-12-8-4)48-42-45(54)33-38-50(48)58-51(56-46-34-29-43(52)30-35-46)57-47-36-31-44(53)32-37-47;7-6-4-2-1-3-5-6/h29-38,42,49H,5-28,39-41H2,1-4H3;2-5H/q+1;-1. The smallest absolute Gasteiger partial charge is 0.490 e. The van der Waals surface area contributed by atoms with Crippen molar-refractivity contribution in [3.8, 4) is 17.2 Å². The summed E-state index contributed by atoms with van der Waals surface area (Å²) in [6, 6.07) is 31.1. The third-order valence-corrected chi connectivity index (χ3v) is 13.4. The van der Waals surface area contributed by atoms with Gasteiger partial charge in [-0.05, 0) is 112 Å². The van der Waals surface area contributed by atoms with Gasteiger partial charge in [0.25, 0.3) is 0 Å². The molecule has 0 aliphatic rings. The largest absolute Gasteiger partial charge is 0.864 e. The van der Waals surface area contributed by atoms with Crippen LogP contribution in [0.4, 0.5) is 0 Å². The van der Waals surface area contributed by atoms with Crippen molar-refractivity contribution in [1.82, 2.24) is 0 Å². The molecule has 0 aliphatic heterocycles. The van der Waals surface area contributed by atoms with Gasteiger partial charge in [0.05, 0.1) is 25.2 Å². The number of rotatable bonds is 35. The summed E-state index contributed by atoms with van der Waals surface area (Å²) < 4.78 is 20.9. The van der Waals surface area contributed by atoms with Crippen LogP contribution in [0, 0.1) is 6.07 Å². The van der Waals surface area contributed by atoms with E-state index < -0.39 is 7.32 Å². The minimum atomic E-state index is -1.06. The molecule has 0 fully saturated rings. The van der Waals surface area contributed by atoms with Crippen LogP contribution in [0.5, 0.6) is 17.2 Å². The van der Waals surface area contributed by atoms with E-state index in [0.717, 1.165) is 26.7 Å². The Bertz CT molecular complexity index is 1660. The Morgan fingerprint density at radius 3 is 1.20 bits per heavy atom. The molecular formula is C56H82BCl4NO3. The number of unbranched alkanes of at least 4 members (excludes halogenated alkanes) is 19. The van der Waals surface area contributed by atoms with Crippen LogP contribution in [-0.4, -0.2) is 31.4 Å². The lowest BCUT2D eigenvalue weighted by Gasteiger charge is -2.46. The molecule has 0 aromatic heterocycles. The molecule has 0 aliphatic carbocycles. The first kappa shape index (κ1) is 56.8. The highest BCUT2D eigenvalue weighted by molar-refractivity contribution is 6.39. The van der Waals surface area contributed by atoms with E-state index in [-0.39, 0.29) is 6.04 Å². The summed E-state index contributed by atoms with van der Waals surface area (Å²) in [6.07, 6.45) is 30.7. The number of halogens is 4. The quantitative estimate of drug-likeness (QED) is 0.0199. The first-order chi connectivity index (χ1) is 31.7. The van der Waals surface area contributed by atoms with Gasteiger partial charge in [0, 0.05) is 21.5 Å². The van der Waals surface area contributed by atoms with Crippen molar-refractivity contribution >= 4 is 53.7 Å². The predicted octanol–water partition coefficient (Wildman–Crippen LogP) is 19.6. The number of hydrogen-bond acceptors (Lipinski definition) is 3. The Balaban J connectivity index is 0.00000146. The summed E-state index contributed by atoms with van der Waals surface area (Å²) in [5, 5.41) is 2.78. The summed E-state index contributed by atoms with van der Waals surface area (Å²) in [5.41, 5.74) is 1.18. The normalized spacial score (nSPS) is 11.8. The molecule has 360 valence electrons. The molecule has 9 heteroatoms. The maximum atomic E-state index is 7.02. The molecule has 0 amide bonds. The molecular weight excluding hydrogens is 887 g/mol. The number of quaternary nitrogens is 1. The van der Waals surface area contributed by atoms with Gasteiger partial charge in [-0.2, -0.15) is 30.3 Å². The van der Waals surface area contributed by atoms with Crippen LogP contribution in [0.2, 0.25) is 20.1 Å². The Kier molecular flexibility index (Phi) is 31.1. The van der Waals surface area contributed by atoms with Gasteiger partial charge < -0.3 is 18.4 Å². The Morgan fingerprint density at radius 2 is 0.800 bits per heavy atom. The fourth-order valence-electron chi connectivity index (χ4n) is 8.77. The highest BCUT2D eigenvalue weighted by atomic mass is 35.5. The van der Waals surface area contributed by atoms with Crippen LogP contribution in [0.3, 0.4) is 0 Å². The Labute approximate surface area is 417 Å². The lowest BCUT2D eigenvalue weighted by molar-refractivity contribution is -0.958. The number of nitrogens with zero attached hydrogens (tertiary/aromatic N) is 1. The molecule has 4 nitrogen and oxygen atoms in total. The van der Waals surface area contributed by atoms with Crippen LogP contribution in [0.25, 0.3) is 0 Å². The molecule has 0 bridgehead atoms. The number of hydrogen-bond donors (Lipinski definition) is 0. The van der Waals surface area contributed by atoms with Crippen molar-refractivity contribution in [3.05, 3.63) is 123 Å². The molecule has 0 radical (unpaired) electrons. The van der Waals surface area contributed by atoms with Gasteiger partial charge in [-0.15, -0.1) is 11.6 Å². The van der Waals surface area contributed by atoms with Gasteiger partial charge in [-0.3, -0.25) is 0 Å². The average molecular weight is 970 g/mol. The minimum absolute atomic E-state index is 0.240. The van der Waals surface area contributed by atoms with Crippen LogP contribution in [0.1, 0.15) is 193 Å². The van der Waals surface area contributed by atoms with Crippen molar-refractivity contribution in [2.24, 2.45) is 0 Å². The van der Waals surface area contributed by atoms with E-state index in [1.165, 1.54) is 173 Å². The minimum Gasteiger partial charge on any atom is -0.490 e. The molecule has 4 aromatic carbocycles. The molecule has 0 heterocycles. The van der Waals surface area contributed by atoms with Crippen molar-refractivity contribution in [2.45, 2.75) is 188 Å². The maximum absolute atomic E-state index is 7.02. The molecule has 1 atom stereocenters. The van der Waals surface area contributed by atoms with Crippen molar-refractivity contribution in [1.29, 1.82) is 0 Å². The Hall–Kier alpha value is -2.54. The molecule has 65 heavy (non-hydrogen) atoms. The monoisotopic (exact) mass is 968 g/mol. The van der Waals surface area contributed by atoms with E-state index >= 15 is 0 Å². The van der Waals surface area contributed by atoms with E-state index in [1.54, 1.807) is 24.3 Å². The SMILES string of the molecule is CCCCCCCC[N+](CCCCCCCC)(CCCCCCCC)C(CCCCCCC)c1cc(Cl)ccc1OB(Oc1ccc(Cl)cc1)Oc1ccc(Cl)cc1.Clc1cc[c-]cc1. The predicted molar refractivity (Wildman–Crippen MR) is 283 cm³/mol. The van der Waals surface area contributed by atoms with E-state index in [4.69, 9.17) is 60.4 Å². The van der Waals surface area contributed by atoms with Crippen molar-refractivity contribution in [3.63, 3.8) is 0 Å². The van der Waals surface area contributed by atoms with E-state index in [9.17, 15) is 0 Å². The van der Waals surface area contributed by atoms with E-state index in [1.807, 2.05) is 60.7 Å². The third-order valence-electron chi connectivity index (χ3n) is 12.4. The molecule has 0 saturated heterocycles.